The van der Waals surface area contributed by atoms with Crippen LogP contribution in [-0.4, -0.2) is 11.6 Å². The van der Waals surface area contributed by atoms with Gasteiger partial charge in [0.2, 0.25) is 11.6 Å². The summed E-state index contributed by atoms with van der Waals surface area (Å²) >= 11 is 0. The minimum atomic E-state index is -0.264. The first-order chi connectivity index (χ1) is 9.10. The summed E-state index contributed by atoms with van der Waals surface area (Å²) in [4.78, 5) is 11.4. The van der Waals surface area contributed by atoms with E-state index in [1.807, 2.05) is 13.0 Å². The second-order valence-corrected chi connectivity index (χ2v) is 3.73. The van der Waals surface area contributed by atoms with Gasteiger partial charge in [-0.1, -0.05) is 13.0 Å². The fourth-order valence-electron chi connectivity index (χ4n) is 1.26. The molecule has 0 bridgehead atoms. The highest BCUT2D eigenvalue weighted by Crippen LogP contribution is 2.20. The number of carbonyl (C=O) groups is 1. The van der Waals surface area contributed by atoms with Crippen molar-refractivity contribution in [2.75, 3.05) is 10.7 Å². The van der Waals surface area contributed by atoms with Gasteiger partial charge in [0.25, 0.3) is 0 Å². The zero-order valence-electron chi connectivity index (χ0n) is 10.7. The normalized spacial score (nSPS) is 8.84. The molecular formula is C13H13N5O. The van der Waals surface area contributed by atoms with Gasteiger partial charge in [-0.15, -0.1) is 0 Å². The van der Waals surface area contributed by atoms with Gasteiger partial charge in [0.05, 0.1) is 5.69 Å². The monoisotopic (exact) mass is 255 g/mol. The largest absolute Gasteiger partial charge is 0.326 e. The molecule has 2 N–H and O–H groups in total. The molecule has 0 saturated heterocycles. The molecule has 1 aromatic rings. The van der Waals surface area contributed by atoms with Gasteiger partial charge in [-0.3, -0.25) is 10.2 Å². The maximum Gasteiger partial charge on any atom is 0.237 e. The Morgan fingerprint density at radius 1 is 1.37 bits per heavy atom. The number of hydrogen-bond donors (Lipinski definition) is 2. The molecule has 0 spiro atoms. The van der Waals surface area contributed by atoms with Crippen LogP contribution in [0.5, 0.6) is 0 Å². The highest BCUT2D eigenvalue weighted by atomic mass is 16.1. The van der Waals surface area contributed by atoms with Gasteiger partial charge in [-0.25, -0.2) is 0 Å². The lowest BCUT2D eigenvalue weighted by Crippen LogP contribution is -2.10. The molecule has 1 aromatic carbocycles. The Kier molecular flexibility index (Phi) is 5.06. The highest BCUT2D eigenvalue weighted by molar-refractivity contribution is 6.10. The van der Waals surface area contributed by atoms with Gasteiger partial charge in [-0.05, 0) is 24.6 Å². The molecule has 19 heavy (non-hydrogen) atoms. The van der Waals surface area contributed by atoms with Crippen LogP contribution < -0.4 is 10.7 Å². The second-order valence-electron chi connectivity index (χ2n) is 3.73. The lowest BCUT2D eigenvalue weighted by atomic mass is 10.2. The van der Waals surface area contributed by atoms with E-state index in [2.05, 4.69) is 15.8 Å². The average Bonchev–Trinajstić information content (AvgIpc) is 2.43. The SMILES string of the molecule is CCC(=O)Nc1cc(NN=C(C#N)C#N)ccc1C. The number of hydrazone groups is 1. The van der Waals surface area contributed by atoms with Crippen molar-refractivity contribution in [3.63, 3.8) is 0 Å². The average molecular weight is 255 g/mol. The molecule has 6 heteroatoms. The minimum absolute atomic E-state index is 0.0847. The van der Waals surface area contributed by atoms with Crippen LogP contribution >= 0.6 is 0 Å². The van der Waals surface area contributed by atoms with Crippen molar-refractivity contribution >= 4 is 23.0 Å². The van der Waals surface area contributed by atoms with Gasteiger partial charge in [0.15, 0.2) is 0 Å². The summed E-state index contributed by atoms with van der Waals surface area (Å²) in [6.07, 6.45) is 0.391. The third-order valence-electron chi connectivity index (χ3n) is 2.34. The zero-order chi connectivity index (χ0) is 14.3. The first-order valence-electron chi connectivity index (χ1n) is 5.65. The lowest BCUT2D eigenvalue weighted by molar-refractivity contribution is -0.115. The first kappa shape index (κ1) is 14.2. The van der Waals surface area contributed by atoms with Crippen molar-refractivity contribution in [3.8, 4) is 12.1 Å². The Morgan fingerprint density at radius 2 is 2.05 bits per heavy atom. The minimum Gasteiger partial charge on any atom is -0.326 e. The number of anilines is 2. The fourth-order valence-corrected chi connectivity index (χ4v) is 1.26. The molecule has 0 radical (unpaired) electrons. The Hall–Kier alpha value is -2.86. The summed E-state index contributed by atoms with van der Waals surface area (Å²) in [5.41, 5.74) is 4.50. The number of benzene rings is 1. The predicted molar refractivity (Wildman–Crippen MR) is 72.4 cm³/mol. The number of aryl methyl sites for hydroxylation is 1. The molecule has 0 atom stereocenters. The van der Waals surface area contributed by atoms with E-state index in [9.17, 15) is 4.79 Å². The molecule has 96 valence electrons. The third-order valence-corrected chi connectivity index (χ3v) is 2.34. The van der Waals surface area contributed by atoms with E-state index in [1.165, 1.54) is 0 Å². The van der Waals surface area contributed by atoms with Crippen LogP contribution in [0, 0.1) is 29.6 Å². The summed E-state index contributed by atoms with van der Waals surface area (Å²) in [6, 6.07) is 8.54. The molecule has 0 heterocycles. The molecule has 6 nitrogen and oxygen atoms in total. The summed E-state index contributed by atoms with van der Waals surface area (Å²) in [6.45, 7) is 3.64. The van der Waals surface area contributed by atoms with E-state index < -0.39 is 0 Å². The Morgan fingerprint density at radius 3 is 2.63 bits per heavy atom. The summed E-state index contributed by atoms with van der Waals surface area (Å²) in [5, 5.41) is 23.5. The number of hydrogen-bond acceptors (Lipinski definition) is 5. The maximum atomic E-state index is 11.4. The van der Waals surface area contributed by atoms with Crippen LogP contribution in [0.1, 0.15) is 18.9 Å². The van der Waals surface area contributed by atoms with Crippen molar-refractivity contribution < 1.29 is 4.79 Å². The Bertz CT molecular complexity index is 576. The van der Waals surface area contributed by atoms with E-state index in [-0.39, 0.29) is 11.6 Å². The Balaban J connectivity index is 2.91. The van der Waals surface area contributed by atoms with E-state index in [4.69, 9.17) is 10.5 Å². The number of nitriles is 2. The molecule has 0 aromatic heterocycles. The van der Waals surface area contributed by atoms with E-state index in [0.717, 1.165) is 5.56 Å². The predicted octanol–water partition coefficient (Wildman–Crippen LogP) is 2.16. The molecule has 0 unspecified atom stereocenters. The van der Waals surface area contributed by atoms with Crippen LogP contribution in [0.4, 0.5) is 11.4 Å². The Labute approximate surface area is 111 Å². The quantitative estimate of drug-likeness (QED) is 0.635. The molecular weight excluding hydrogens is 242 g/mol. The number of nitrogens with zero attached hydrogens (tertiary/aromatic N) is 3. The molecule has 0 fully saturated rings. The van der Waals surface area contributed by atoms with Crippen molar-refractivity contribution in [1.29, 1.82) is 10.5 Å². The van der Waals surface area contributed by atoms with Gasteiger partial charge in [0.1, 0.15) is 12.1 Å². The lowest BCUT2D eigenvalue weighted by Gasteiger charge is -2.09. The topological polar surface area (TPSA) is 101 Å². The van der Waals surface area contributed by atoms with Crippen LogP contribution in [0.2, 0.25) is 0 Å². The van der Waals surface area contributed by atoms with Gasteiger partial charge in [-0.2, -0.15) is 15.6 Å². The van der Waals surface area contributed by atoms with Crippen LogP contribution in [0.15, 0.2) is 23.3 Å². The maximum absolute atomic E-state index is 11.4. The van der Waals surface area contributed by atoms with Crippen LogP contribution in [-0.2, 0) is 4.79 Å². The summed E-state index contributed by atoms with van der Waals surface area (Å²) in [5.74, 6) is -0.0847. The van der Waals surface area contributed by atoms with E-state index in [1.54, 1.807) is 31.2 Å². The van der Waals surface area contributed by atoms with Crippen molar-refractivity contribution in [3.05, 3.63) is 23.8 Å². The van der Waals surface area contributed by atoms with Crippen molar-refractivity contribution in [2.24, 2.45) is 5.10 Å². The zero-order valence-corrected chi connectivity index (χ0v) is 10.7. The standard InChI is InChI=1S/C13H13N5O/c1-3-13(19)16-12-6-10(5-4-9(12)2)17-18-11(7-14)8-15/h4-6,17H,3H2,1-2H3,(H,16,19). The number of rotatable bonds is 4. The number of amides is 1. The molecule has 1 amide bonds. The second kappa shape index (κ2) is 6.77. The number of carbonyl (C=O) groups excluding carboxylic acids is 1. The van der Waals surface area contributed by atoms with Gasteiger partial charge in [0, 0.05) is 12.1 Å². The molecule has 0 saturated carbocycles. The molecule has 0 aliphatic carbocycles. The third kappa shape index (κ3) is 4.14. The van der Waals surface area contributed by atoms with Crippen LogP contribution in [0.25, 0.3) is 0 Å². The van der Waals surface area contributed by atoms with Gasteiger partial charge < -0.3 is 5.32 Å². The summed E-state index contributed by atoms with van der Waals surface area (Å²) in [7, 11) is 0. The fraction of sp³-hybridized carbons (Fsp3) is 0.231. The molecule has 1 rings (SSSR count). The van der Waals surface area contributed by atoms with Crippen molar-refractivity contribution in [2.45, 2.75) is 20.3 Å². The highest BCUT2D eigenvalue weighted by Gasteiger charge is 2.04. The van der Waals surface area contributed by atoms with Gasteiger partial charge >= 0.3 is 0 Å². The smallest absolute Gasteiger partial charge is 0.237 e. The first-order valence-corrected chi connectivity index (χ1v) is 5.65. The van der Waals surface area contributed by atoms with Crippen LogP contribution in [0.3, 0.4) is 0 Å². The van der Waals surface area contributed by atoms with E-state index in [0.29, 0.717) is 17.8 Å². The molecule has 0 aliphatic rings. The summed E-state index contributed by atoms with van der Waals surface area (Å²) < 4.78 is 0. The number of nitrogens with one attached hydrogen (secondary N) is 2. The van der Waals surface area contributed by atoms with E-state index >= 15 is 0 Å². The molecule has 0 aliphatic heterocycles. The van der Waals surface area contributed by atoms with Crippen molar-refractivity contribution in [1.82, 2.24) is 0 Å².